The largest absolute Gasteiger partial charge is 1.00 e. The van der Waals surface area contributed by atoms with E-state index in [1.807, 2.05) is 0 Å². The van der Waals surface area contributed by atoms with Crippen LogP contribution in [0.5, 0.6) is 0 Å². The minimum absolute atomic E-state index is 0. The van der Waals surface area contributed by atoms with Crippen LogP contribution < -0.4 is 28.6 Å². The maximum atomic E-state index is 12.9. The molecule has 0 radical (unpaired) electrons. The number of hydrogen-bond acceptors (Lipinski definition) is 1. The van der Waals surface area contributed by atoms with E-state index in [2.05, 4.69) is 62.8 Å². The van der Waals surface area contributed by atoms with E-state index in [4.69, 9.17) is 0 Å². The van der Waals surface area contributed by atoms with Gasteiger partial charge in [0.2, 0.25) is 0 Å². The first-order valence-electron chi connectivity index (χ1n) is 9.58. The molecule has 0 bridgehead atoms. The fraction of sp³-hybridized carbons (Fsp3) is 0.409. The summed E-state index contributed by atoms with van der Waals surface area (Å²) in [6.45, 7) is 0. The molecule has 2 aliphatic rings. The van der Waals surface area contributed by atoms with Crippen LogP contribution in [0.15, 0.2) is 48.5 Å². The zero-order valence-corrected chi connectivity index (χ0v) is 19.0. The molecule has 28 heavy (non-hydrogen) atoms. The number of carbonyl (C=O) groups is 1. The third kappa shape index (κ3) is 4.76. The first-order valence-corrected chi connectivity index (χ1v) is 14.4. The van der Waals surface area contributed by atoms with Gasteiger partial charge in [0.15, 0.2) is 0 Å². The second kappa shape index (κ2) is 10.5. The van der Waals surface area contributed by atoms with Crippen molar-refractivity contribution in [3.8, 4) is 11.1 Å². The zero-order chi connectivity index (χ0) is 17.4. The van der Waals surface area contributed by atoms with Crippen LogP contribution in [0, 0.1) is 5.92 Å². The van der Waals surface area contributed by atoms with Crippen molar-refractivity contribution < 1.29 is 46.5 Å². The normalized spacial score (nSPS) is 15.4. The molecule has 1 N–H and O–H groups in total. The summed E-state index contributed by atoms with van der Waals surface area (Å²) in [5.74, 6) is 0.567. The summed E-state index contributed by atoms with van der Waals surface area (Å²) in [5.41, 5.74) is 5.54. The summed E-state index contributed by atoms with van der Waals surface area (Å²) < 4.78 is 3.99. The van der Waals surface area contributed by atoms with Gasteiger partial charge in [-0.1, -0.05) is 0 Å². The van der Waals surface area contributed by atoms with Crippen LogP contribution in [0.1, 0.15) is 47.5 Å². The number of nitrogens with one attached hydrogen (secondary N) is 1. The van der Waals surface area contributed by atoms with Crippen molar-refractivity contribution >= 4 is 16.9 Å². The molecule has 0 atom stereocenters. The Bertz CT molecular complexity index is 763. The smallest absolute Gasteiger partial charge is 0.0149 e. The number of fused-ring (bicyclic) bond motifs is 3. The number of carbonyl (C=O) groups excluding carboxylic acids is 1. The monoisotopic (exact) mass is 471 g/mol. The maximum Gasteiger partial charge on any atom is -0.0149 e. The Kier molecular flexibility index (Phi) is 9.50. The van der Waals surface area contributed by atoms with E-state index >= 15 is 0 Å². The minimum Gasteiger partial charge on any atom is -1.00 e. The minimum atomic E-state index is -2.62. The Hall–Kier alpha value is -0.579. The molecule has 0 aromatic heterocycles. The second-order valence-electron chi connectivity index (χ2n) is 8.15. The fourth-order valence-electron chi connectivity index (χ4n) is 4.79. The zero-order valence-electron chi connectivity index (χ0n) is 16.0. The predicted molar refractivity (Wildman–Crippen MR) is 112 cm³/mol. The predicted octanol–water partition coefficient (Wildman–Crippen LogP) is -1.83. The molecule has 0 unspecified atom stereocenters. The number of amides is 1. The Morgan fingerprint density at radius 2 is 1.32 bits per heavy atom. The summed E-state index contributed by atoms with van der Waals surface area (Å²) in [7, 11) is 0. The molecule has 152 valence electrons. The van der Waals surface area contributed by atoms with Gasteiger partial charge in [0.25, 0.3) is 0 Å². The topological polar surface area (TPSA) is 29.1 Å². The van der Waals surface area contributed by atoms with E-state index in [9.17, 15) is 4.79 Å². The molecule has 0 spiro atoms. The van der Waals surface area contributed by atoms with Crippen LogP contribution in [0.25, 0.3) is 11.1 Å². The second-order valence-corrected chi connectivity index (χ2v) is 14.8. The van der Waals surface area contributed by atoms with E-state index in [1.54, 1.807) is 0 Å². The van der Waals surface area contributed by atoms with E-state index in [1.165, 1.54) is 41.5 Å². The van der Waals surface area contributed by atoms with Crippen molar-refractivity contribution in [2.24, 2.45) is 5.92 Å². The molecule has 1 saturated carbocycles. The molecule has 1 amide bonds. The molecule has 2 aromatic carbocycles. The van der Waals surface area contributed by atoms with E-state index < -0.39 is 16.8 Å². The van der Waals surface area contributed by atoms with Crippen molar-refractivity contribution in [2.45, 2.75) is 46.8 Å². The van der Waals surface area contributed by atoms with E-state index in [0.717, 1.165) is 12.8 Å². The first kappa shape index (κ1) is 25.5. The molecule has 2 aromatic rings. The average Bonchev–Trinajstić information content (AvgIpc) is 2.97. The van der Waals surface area contributed by atoms with Crippen LogP contribution in [-0.2, 0) is 21.6 Å². The quantitative estimate of drug-likeness (QED) is 0.524. The molecule has 0 aliphatic heterocycles. The van der Waals surface area contributed by atoms with Crippen LogP contribution in [-0.4, -0.2) is 16.9 Å². The van der Waals surface area contributed by atoms with Gasteiger partial charge in [-0.05, 0) is 11.0 Å². The third-order valence-electron chi connectivity index (χ3n) is 5.98. The van der Waals surface area contributed by atoms with E-state index in [-0.39, 0.29) is 41.7 Å². The van der Waals surface area contributed by atoms with E-state index in [0.29, 0.717) is 10.1 Å². The molecule has 2 nitrogen and oxygen atoms in total. The Morgan fingerprint density at radius 1 is 0.857 bits per heavy atom. The van der Waals surface area contributed by atoms with Crippen LogP contribution in [0.3, 0.4) is 0 Å². The summed E-state index contributed by atoms with van der Waals surface area (Å²) in [4.78, 5) is 12.9. The summed E-state index contributed by atoms with van der Waals surface area (Å²) >= 11 is -2.62. The Labute approximate surface area is 189 Å². The van der Waals surface area contributed by atoms with Gasteiger partial charge in [0.05, 0.1) is 0 Å². The van der Waals surface area contributed by atoms with Gasteiger partial charge in [-0.15, -0.1) is 0 Å². The van der Waals surface area contributed by atoms with Crippen molar-refractivity contribution in [2.75, 3.05) is 0 Å². The van der Waals surface area contributed by atoms with Crippen LogP contribution >= 0.6 is 0 Å². The maximum absolute atomic E-state index is 12.9. The van der Waals surface area contributed by atoms with Gasteiger partial charge < -0.3 is 24.8 Å². The molecule has 4 rings (SSSR count). The van der Waals surface area contributed by atoms with Crippen LogP contribution in [0.2, 0.25) is 10.5 Å². The number of halogens is 2. The molecule has 0 heterocycles. The SMILES string of the molecule is [CH3][Ti+2]([CH3])([NH]C(=O)C1CCCCC1)[CH]1c2ccccc2-c2ccccc21.[Cl-].[Cl-].[SiH4]. The first-order chi connectivity index (χ1) is 12.1. The Morgan fingerprint density at radius 3 is 1.82 bits per heavy atom. The number of hydrogen-bond donors (Lipinski definition) is 1. The Balaban J connectivity index is 0.00000131. The van der Waals surface area contributed by atoms with Gasteiger partial charge in [-0.3, -0.25) is 0 Å². The summed E-state index contributed by atoms with van der Waals surface area (Å²) in [5, 5.41) is 4.73. The van der Waals surface area contributed by atoms with Crippen molar-refractivity contribution in [1.29, 1.82) is 0 Å². The van der Waals surface area contributed by atoms with Gasteiger partial charge >= 0.3 is 155 Å². The third-order valence-corrected chi connectivity index (χ3v) is 10.6. The van der Waals surface area contributed by atoms with Crippen molar-refractivity contribution in [3.05, 3.63) is 59.7 Å². The average molecular weight is 472 g/mol. The summed E-state index contributed by atoms with van der Waals surface area (Å²) in [6.07, 6.45) is 5.85. The fourth-order valence-corrected chi connectivity index (χ4v) is 9.54. The van der Waals surface area contributed by atoms with Crippen molar-refractivity contribution in [3.63, 3.8) is 0 Å². The number of benzene rings is 2. The number of rotatable bonds is 3. The van der Waals surface area contributed by atoms with Gasteiger partial charge in [-0.25, -0.2) is 0 Å². The molecule has 0 saturated heterocycles. The molecule has 1 fully saturated rings. The van der Waals surface area contributed by atoms with Crippen LogP contribution in [0.4, 0.5) is 0 Å². The van der Waals surface area contributed by atoms with Crippen molar-refractivity contribution in [1.82, 2.24) is 3.80 Å². The molecule has 6 heteroatoms. The summed E-state index contributed by atoms with van der Waals surface area (Å²) in [6, 6.07) is 17.5. The standard InChI is InChI=1S/C13H9.C7H13NO.2CH3.2ClH.H4Si.Ti/c1-3-7-12-10(5-1)9-11-6-2-4-8-13(11)12;8-7(9)6-4-2-1-3-5-6;;;;;;/h1-9H;6H,1-5H2,(H2,8,9);2*1H3;2*1H;1H4;/q;;;;;;;+3/p-3. The molecule has 2 aliphatic carbocycles. The molecular formula is C22H31Cl2NOSiTi. The van der Waals surface area contributed by atoms with Gasteiger partial charge in [-0.2, -0.15) is 0 Å². The molecular weight excluding hydrogens is 441 g/mol. The van der Waals surface area contributed by atoms with Gasteiger partial charge in [0, 0.05) is 0 Å². The van der Waals surface area contributed by atoms with Gasteiger partial charge in [0.1, 0.15) is 0 Å².